The summed E-state index contributed by atoms with van der Waals surface area (Å²) in [7, 11) is 3.12. The van der Waals surface area contributed by atoms with Gasteiger partial charge in [-0.15, -0.1) is 0 Å². The minimum absolute atomic E-state index is 0.0339. The second kappa shape index (κ2) is 6.13. The lowest BCUT2D eigenvalue weighted by Crippen LogP contribution is -2.34. The number of hydrogen-bond donors (Lipinski definition) is 0. The highest BCUT2D eigenvalue weighted by atomic mass is 16.7. The first kappa shape index (κ1) is 16.1. The van der Waals surface area contributed by atoms with Crippen molar-refractivity contribution < 1.29 is 19.0 Å². The normalized spacial score (nSPS) is 17.0. The van der Waals surface area contributed by atoms with Crippen molar-refractivity contribution in [2.24, 2.45) is 0 Å². The molecule has 1 spiro atoms. The third kappa shape index (κ3) is 2.77. The molecule has 0 radical (unpaired) electrons. The van der Waals surface area contributed by atoms with Gasteiger partial charge in [0, 0.05) is 31.7 Å². The Hall–Kier alpha value is -2.44. The van der Waals surface area contributed by atoms with Crippen molar-refractivity contribution >= 4 is 11.9 Å². The highest BCUT2D eigenvalue weighted by Gasteiger charge is 2.54. The predicted molar refractivity (Wildman–Crippen MR) is 91.7 cm³/mol. The Morgan fingerprint density at radius 2 is 1.84 bits per heavy atom. The van der Waals surface area contributed by atoms with Crippen molar-refractivity contribution in [2.75, 3.05) is 25.7 Å². The highest BCUT2D eigenvalue weighted by molar-refractivity contribution is 5.91. The number of carbonyl (C=O) groups excluding carboxylic acids is 1. The Kier molecular flexibility index (Phi) is 3.94. The van der Waals surface area contributed by atoms with Gasteiger partial charge in [0.2, 0.25) is 6.29 Å². The second-order valence-corrected chi connectivity index (χ2v) is 6.46. The fraction of sp³-hybridized carbons (Fsp3) is 0.368. The van der Waals surface area contributed by atoms with E-state index in [4.69, 9.17) is 14.2 Å². The molecule has 1 saturated carbocycles. The van der Waals surface area contributed by atoms with E-state index in [9.17, 15) is 4.79 Å². The summed E-state index contributed by atoms with van der Waals surface area (Å²) in [5, 5.41) is 0. The van der Waals surface area contributed by atoms with Crippen LogP contribution in [0.1, 0.15) is 30.4 Å². The summed E-state index contributed by atoms with van der Waals surface area (Å²) in [6.07, 6.45) is 1.16. The lowest BCUT2D eigenvalue weighted by molar-refractivity contribution is -0.108. The molecule has 1 amide bonds. The monoisotopic (exact) mass is 340 g/mol. The molecule has 0 unspecified atom stereocenters. The summed E-state index contributed by atoms with van der Waals surface area (Å²) in [6, 6.07) is 13.0. The van der Waals surface area contributed by atoms with E-state index in [1.54, 1.807) is 31.3 Å². The molecule has 1 fully saturated rings. The first-order valence-corrected chi connectivity index (χ1v) is 8.28. The van der Waals surface area contributed by atoms with Crippen molar-refractivity contribution in [1.82, 2.24) is 4.98 Å². The molecule has 130 valence electrons. The van der Waals surface area contributed by atoms with Crippen molar-refractivity contribution in [3.63, 3.8) is 0 Å². The second-order valence-electron chi connectivity index (χ2n) is 6.46. The quantitative estimate of drug-likeness (QED) is 0.798. The first-order valence-electron chi connectivity index (χ1n) is 8.28. The zero-order valence-corrected chi connectivity index (χ0v) is 14.3. The van der Waals surface area contributed by atoms with Crippen LogP contribution in [0, 0.1) is 0 Å². The van der Waals surface area contributed by atoms with Gasteiger partial charge in [0.05, 0.1) is 5.69 Å². The smallest absolute Gasteiger partial charge is 0.410 e. The summed E-state index contributed by atoms with van der Waals surface area (Å²) >= 11 is 0. The van der Waals surface area contributed by atoms with Crippen LogP contribution < -0.4 is 9.64 Å². The zero-order valence-electron chi connectivity index (χ0n) is 14.3. The summed E-state index contributed by atoms with van der Waals surface area (Å²) < 4.78 is 16.1. The van der Waals surface area contributed by atoms with Crippen LogP contribution >= 0.6 is 0 Å². The maximum atomic E-state index is 12.7. The number of pyridine rings is 1. The molecule has 6 heteroatoms. The molecule has 1 aliphatic carbocycles. The average molecular weight is 340 g/mol. The Morgan fingerprint density at radius 1 is 1.12 bits per heavy atom. The number of hydrogen-bond acceptors (Lipinski definition) is 5. The number of ether oxygens (including phenoxy) is 3. The van der Waals surface area contributed by atoms with Gasteiger partial charge in [-0.3, -0.25) is 4.90 Å². The topological polar surface area (TPSA) is 60.9 Å². The fourth-order valence-electron chi connectivity index (χ4n) is 3.39. The zero-order chi connectivity index (χ0) is 17.4. The molecule has 4 rings (SSSR count). The SMILES string of the molecule is COC(OC)c1ccc2c(n1)N(C(=O)Oc1ccccc1)CC21CC1. The minimum Gasteiger partial charge on any atom is -0.410 e. The third-order valence-electron chi connectivity index (χ3n) is 4.88. The molecular weight excluding hydrogens is 320 g/mol. The van der Waals surface area contributed by atoms with Crippen LogP contribution in [0.3, 0.4) is 0 Å². The van der Waals surface area contributed by atoms with Gasteiger partial charge in [-0.25, -0.2) is 9.78 Å². The number of carbonyl (C=O) groups is 1. The van der Waals surface area contributed by atoms with Crippen LogP contribution in [0.2, 0.25) is 0 Å². The molecule has 1 aromatic carbocycles. The number of amides is 1. The van der Waals surface area contributed by atoms with Gasteiger partial charge in [0.1, 0.15) is 11.6 Å². The first-order chi connectivity index (χ1) is 12.2. The van der Waals surface area contributed by atoms with Crippen LogP contribution in [0.4, 0.5) is 10.6 Å². The van der Waals surface area contributed by atoms with E-state index in [1.807, 2.05) is 30.3 Å². The minimum atomic E-state index is -0.562. The fourth-order valence-corrected chi connectivity index (χ4v) is 3.39. The number of benzene rings is 1. The van der Waals surface area contributed by atoms with Gasteiger partial charge in [-0.2, -0.15) is 0 Å². The maximum absolute atomic E-state index is 12.7. The van der Waals surface area contributed by atoms with E-state index in [-0.39, 0.29) is 5.41 Å². The molecule has 2 aromatic rings. The number of methoxy groups -OCH3 is 2. The lowest BCUT2D eigenvalue weighted by atomic mass is 10.0. The van der Waals surface area contributed by atoms with E-state index in [0.29, 0.717) is 23.8 Å². The van der Waals surface area contributed by atoms with Gasteiger partial charge in [0.25, 0.3) is 0 Å². The Morgan fingerprint density at radius 3 is 2.48 bits per heavy atom. The number of nitrogens with zero attached hydrogens (tertiary/aromatic N) is 2. The summed E-state index contributed by atoms with van der Waals surface area (Å²) in [6.45, 7) is 0.606. The van der Waals surface area contributed by atoms with Crippen molar-refractivity contribution in [1.29, 1.82) is 0 Å². The highest BCUT2D eigenvalue weighted by Crippen LogP contribution is 2.56. The standard InChI is InChI=1S/C19H20N2O4/c1-23-17(24-2)15-9-8-14-16(20-15)21(12-19(14)10-11-19)18(22)25-13-6-4-3-5-7-13/h3-9,17H,10-12H2,1-2H3. The average Bonchev–Trinajstić information content (AvgIpc) is 3.34. The van der Waals surface area contributed by atoms with Gasteiger partial charge < -0.3 is 14.2 Å². The number of rotatable bonds is 4. The molecule has 1 aromatic heterocycles. The number of anilines is 1. The summed E-state index contributed by atoms with van der Waals surface area (Å²) in [5.74, 6) is 1.17. The van der Waals surface area contributed by atoms with Gasteiger partial charge in [-0.1, -0.05) is 24.3 Å². The molecule has 0 N–H and O–H groups in total. The summed E-state index contributed by atoms with van der Waals surface area (Å²) in [4.78, 5) is 19.0. The number of aromatic nitrogens is 1. The van der Waals surface area contributed by atoms with Gasteiger partial charge in [-0.05, 0) is 31.0 Å². The molecule has 0 saturated heterocycles. The van der Waals surface area contributed by atoms with Crippen LogP contribution in [-0.2, 0) is 14.9 Å². The van der Waals surface area contributed by atoms with Crippen molar-refractivity contribution in [2.45, 2.75) is 24.5 Å². The molecule has 0 atom stereocenters. The van der Waals surface area contributed by atoms with Crippen molar-refractivity contribution in [3.05, 3.63) is 53.7 Å². The number of fused-ring (bicyclic) bond motifs is 2. The predicted octanol–water partition coefficient (Wildman–Crippen LogP) is 3.42. The molecule has 2 heterocycles. The molecule has 2 aliphatic rings. The molecule has 25 heavy (non-hydrogen) atoms. The van der Waals surface area contributed by atoms with Crippen LogP contribution in [0.15, 0.2) is 42.5 Å². The van der Waals surface area contributed by atoms with E-state index >= 15 is 0 Å². The molecule has 0 bridgehead atoms. The molecule has 1 aliphatic heterocycles. The largest absolute Gasteiger partial charge is 0.420 e. The van der Waals surface area contributed by atoms with Crippen LogP contribution in [-0.4, -0.2) is 31.8 Å². The van der Waals surface area contributed by atoms with Crippen LogP contribution in [0.5, 0.6) is 5.75 Å². The van der Waals surface area contributed by atoms with Gasteiger partial charge in [0.15, 0.2) is 0 Å². The Balaban J connectivity index is 1.65. The van der Waals surface area contributed by atoms with Gasteiger partial charge >= 0.3 is 6.09 Å². The van der Waals surface area contributed by atoms with E-state index in [1.165, 1.54) is 0 Å². The Labute approximate surface area is 146 Å². The van der Waals surface area contributed by atoms with E-state index in [0.717, 1.165) is 18.4 Å². The van der Waals surface area contributed by atoms with Crippen LogP contribution in [0.25, 0.3) is 0 Å². The summed E-state index contributed by atoms with van der Waals surface area (Å²) in [5.41, 5.74) is 1.78. The van der Waals surface area contributed by atoms with Crippen molar-refractivity contribution in [3.8, 4) is 5.75 Å². The number of para-hydroxylation sites is 1. The molecule has 6 nitrogen and oxygen atoms in total. The lowest BCUT2D eigenvalue weighted by Gasteiger charge is -2.18. The third-order valence-corrected chi connectivity index (χ3v) is 4.88. The van der Waals surface area contributed by atoms with E-state index < -0.39 is 12.4 Å². The Bertz CT molecular complexity index is 785. The molecular formula is C19H20N2O4. The maximum Gasteiger partial charge on any atom is 0.420 e. The van der Waals surface area contributed by atoms with E-state index in [2.05, 4.69) is 4.98 Å².